The predicted octanol–water partition coefficient (Wildman–Crippen LogP) is 3.11. The summed E-state index contributed by atoms with van der Waals surface area (Å²) in [7, 11) is 0. The molecule has 2 aliphatic heterocycles. The SMILES string of the molecule is C=C.CC1(COC2CCCCO2)CCCCNC1. The van der Waals surface area contributed by atoms with Crippen LogP contribution in [-0.2, 0) is 9.47 Å². The Kier molecular flexibility index (Phi) is 7.56. The first-order valence-electron chi connectivity index (χ1n) is 7.22. The smallest absolute Gasteiger partial charge is 0.157 e. The Labute approximate surface area is 112 Å². The summed E-state index contributed by atoms with van der Waals surface area (Å²) in [4.78, 5) is 0. The van der Waals surface area contributed by atoms with E-state index in [-0.39, 0.29) is 6.29 Å². The van der Waals surface area contributed by atoms with E-state index in [0.29, 0.717) is 5.41 Å². The average molecular weight is 255 g/mol. The summed E-state index contributed by atoms with van der Waals surface area (Å²) in [5, 5.41) is 3.50. The highest BCUT2D eigenvalue weighted by molar-refractivity contribution is 4.79. The number of hydrogen-bond donors (Lipinski definition) is 1. The highest BCUT2D eigenvalue weighted by atomic mass is 16.7. The number of ether oxygens (including phenoxy) is 2. The molecule has 0 aromatic heterocycles. The van der Waals surface area contributed by atoms with Crippen LogP contribution in [0.2, 0.25) is 0 Å². The van der Waals surface area contributed by atoms with Crippen molar-refractivity contribution in [2.75, 3.05) is 26.3 Å². The van der Waals surface area contributed by atoms with Gasteiger partial charge in [-0.3, -0.25) is 0 Å². The van der Waals surface area contributed by atoms with Crippen LogP contribution in [0.25, 0.3) is 0 Å². The normalized spacial score (nSPS) is 33.1. The molecule has 2 atom stereocenters. The summed E-state index contributed by atoms with van der Waals surface area (Å²) in [6.07, 6.45) is 7.47. The molecular formula is C15H29NO2. The molecule has 0 radical (unpaired) electrons. The molecule has 0 aliphatic carbocycles. The molecule has 3 nitrogen and oxygen atoms in total. The van der Waals surface area contributed by atoms with Crippen molar-refractivity contribution in [2.45, 2.75) is 51.7 Å². The summed E-state index contributed by atoms with van der Waals surface area (Å²) in [5.74, 6) is 0. The lowest BCUT2D eigenvalue weighted by Gasteiger charge is -2.31. The van der Waals surface area contributed by atoms with Crippen LogP contribution in [0.3, 0.4) is 0 Å². The van der Waals surface area contributed by atoms with Crippen molar-refractivity contribution >= 4 is 0 Å². The Bertz CT molecular complexity index is 207. The van der Waals surface area contributed by atoms with Gasteiger partial charge in [0.15, 0.2) is 6.29 Å². The van der Waals surface area contributed by atoms with Crippen LogP contribution in [0.5, 0.6) is 0 Å². The Morgan fingerprint density at radius 3 is 2.83 bits per heavy atom. The Morgan fingerprint density at radius 1 is 1.28 bits per heavy atom. The summed E-state index contributed by atoms with van der Waals surface area (Å²) >= 11 is 0. The average Bonchev–Trinajstić information content (AvgIpc) is 2.66. The molecule has 0 saturated carbocycles. The third-order valence-corrected chi connectivity index (χ3v) is 3.69. The summed E-state index contributed by atoms with van der Waals surface area (Å²) < 4.78 is 11.5. The first-order chi connectivity index (χ1) is 8.79. The number of hydrogen-bond acceptors (Lipinski definition) is 3. The maximum absolute atomic E-state index is 5.92. The van der Waals surface area contributed by atoms with Gasteiger partial charge in [-0.2, -0.15) is 0 Å². The van der Waals surface area contributed by atoms with Gasteiger partial charge >= 0.3 is 0 Å². The fourth-order valence-electron chi connectivity index (χ4n) is 2.54. The second kappa shape index (κ2) is 8.68. The third-order valence-electron chi connectivity index (χ3n) is 3.69. The molecule has 0 spiro atoms. The zero-order valence-corrected chi connectivity index (χ0v) is 11.9. The number of rotatable bonds is 3. The molecule has 1 N–H and O–H groups in total. The van der Waals surface area contributed by atoms with Gasteiger partial charge in [-0.1, -0.05) is 13.3 Å². The minimum Gasteiger partial charge on any atom is -0.353 e. The number of nitrogens with one attached hydrogen (secondary N) is 1. The second-order valence-corrected chi connectivity index (χ2v) is 5.55. The van der Waals surface area contributed by atoms with Crippen LogP contribution in [-0.4, -0.2) is 32.6 Å². The van der Waals surface area contributed by atoms with Crippen LogP contribution in [0, 0.1) is 5.41 Å². The fourth-order valence-corrected chi connectivity index (χ4v) is 2.54. The van der Waals surface area contributed by atoms with Gasteiger partial charge in [0.25, 0.3) is 0 Å². The monoisotopic (exact) mass is 255 g/mol. The molecule has 0 bridgehead atoms. The van der Waals surface area contributed by atoms with E-state index in [2.05, 4.69) is 25.4 Å². The van der Waals surface area contributed by atoms with Crippen molar-refractivity contribution in [3.05, 3.63) is 13.2 Å². The van der Waals surface area contributed by atoms with Crippen LogP contribution in [0.15, 0.2) is 13.2 Å². The zero-order valence-electron chi connectivity index (χ0n) is 11.9. The van der Waals surface area contributed by atoms with E-state index in [1.54, 1.807) is 0 Å². The maximum atomic E-state index is 5.92. The van der Waals surface area contributed by atoms with Crippen molar-refractivity contribution in [1.29, 1.82) is 0 Å². The topological polar surface area (TPSA) is 30.5 Å². The minimum atomic E-state index is 0.0637. The van der Waals surface area contributed by atoms with E-state index in [1.807, 2.05) is 0 Å². The Balaban J connectivity index is 0.000000771. The molecule has 2 heterocycles. The lowest BCUT2D eigenvalue weighted by molar-refractivity contribution is -0.177. The highest BCUT2D eigenvalue weighted by Crippen LogP contribution is 2.27. The van der Waals surface area contributed by atoms with Crippen molar-refractivity contribution in [3.63, 3.8) is 0 Å². The first kappa shape index (κ1) is 15.7. The third kappa shape index (κ3) is 5.51. The van der Waals surface area contributed by atoms with Crippen LogP contribution >= 0.6 is 0 Å². The maximum Gasteiger partial charge on any atom is 0.157 e. The van der Waals surface area contributed by atoms with E-state index in [9.17, 15) is 0 Å². The lowest BCUT2D eigenvalue weighted by Crippen LogP contribution is -2.36. The molecule has 0 amide bonds. The van der Waals surface area contributed by atoms with Crippen molar-refractivity contribution in [2.24, 2.45) is 5.41 Å². The van der Waals surface area contributed by atoms with Crippen molar-refractivity contribution in [1.82, 2.24) is 5.32 Å². The van der Waals surface area contributed by atoms with Crippen LogP contribution in [0.1, 0.15) is 45.4 Å². The van der Waals surface area contributed by atoms with Gasteiger partial charge in [0.2, 0.25) is 0 Å². The quantitative estimate of drug-likeness (QED) is 0.786. The summed E-state index contributed by atoms with van der Waals surface area (Å²) in [6.45, 7) is 12.3. The zero-order chi connectivity index (χ0) is 13.3. The second-order valence-electron chi connectivity index (χ2n) is 5.55. The van der Waals surface area contributed by atoms with Gasteiger partial charge in [-0.05, 0) is 38.6 Å². The van der Waals surface area contributed by atoms with Crippen LogP contribution < -0.4 is 5.32 Å². The van der Waals surface area contributed by atoms with E-state index < -0.39 is 0 Å². The van der Waals surface area contributed by atoms with Gasteiger partial charge in [-0.15, -0.1) is 13.2 Å². The molecule has 18 heavy (non-hydrogen) atoms. The molecule has 2 aliphatic rings. The van der Waals surface area contributed by atoms with Crippen molar-refractivity contribution < 1.29 is 9.47 Å². The molecule has 106 valence electrons. The first-order valence-corrected chi connectivity index (χ1v) is 7.22. The van der Waals surface area contributed by atoms with E-state index in [4.69, 9.17) is 9.47 Å². The summed E-state index contributed by atoms with van der Waals surface area (Å²) in [6, 6.07) is 0. The van der Waals surface area contributed by atoms with Gasteiger partial charge in [0.05, 0.1) is 6.61 Å². The fraction of sp³-hybridized carbons (Fsp3) is 0.867. The van der Waals surface area contributed by atoms with Gasteiger partial charge < -0.3 is 14.8 Å². The minimum absolute atomic E-state index is 0.0637. The molecular weight excluding hydrogens is 226 g/mol. The highest BCUT2D eigenvalue weighted by Gasteiger charge is 2.27. The molecule has 0 aromatic carbocycles. The molecule has 2 unspecified atom stereocenters. The largest absolute Gasteiger partial charge is 0.353 e. The van der Waals surface area contributed by atoms with E-state index >= 15 is 0 Å². The molecule has 2 fully saturated rings. The molecule has 0 aromatic rings. The van der Waals surface area contributed by atoms with Crippen molar-refractivity contribution in [3.8, 4) is 0 Å². The molecule has 2 saturated heterocycles. The Morgan fingerprint density at radius 2 is 2.11 bits per heavy atom. The van der Waals surface area contributed by atoms with E-state index in [0.717, 1.165) is 32.7 Å². The molecule has 3 heteroatoms. The molecule has 2 rings (SSSR count). The predicted molar refractivity (Wildman–Crippen MR) is 75.6 cm³/mol. The van der Waals surface area contributed by atoms with Gasteiger partial charge in [0.1, 0.15) is 0 Å². The lowest BCUT2D eigenvalue weighted by atomic mass is 9.87. The van der Waals surface area contributed by atoms with E-state index in [1.165, 1.54) is 32.1 Å². The summed E-state index contributed by atoms with van der Waals surface area (Å²) in [5.41, 5.74) is 0.303. The van der Waals surface area contributed by atoms with Crippen LogP contribution in [0.4, 0.5) is 0 Å². The Hall–Kier alpha value is -0.380. The van der Waals surface area contributed by atoms with Gasteiger partial charge in [-0.25, -0.2) is 0 Å². The van der Waals surface area contributed by atoms with Gasteiger partial charge in [0, 0.05) is 18.6 Å². The standard InChI is InChI=1S/C13H25NO2.C2H4/c1-13(7-3-4-8-14-10-13)11-16-12-6-2-5-9-15-12;1-2/h12,14H,2-11H2,1H3;1-2H2.